The van der Waals surface area contributed by atoms with E-state index in [1.807, 2.05) is 6.07 Å². The smallest absolute Gasteiger partial charge is 0.361 e. The summed E-state index contributed by atoms with van der Waals surface area (Å²) in [5, 5.41) is 16.8. The van der Waals surface area contributed by atoms with E-state index in [9.17, 15) is 4.79 Å². The van der Waals surface area contributed by atoms with Gasteiger partial charge in [-0.15, -0.1) is 5.10 Å². The SMILES string of the molecule is CCOC(=O)c1nnn(CCCCO)c1-c1cccnc1. The van der Waals surface area contributed by atoms with Gasteiger partial charge < -0.3 is 9.84 Å². The normalized spacial score (nSPS) is 10.6. The van der Waals surface area contributed by atoms with Gasteiger partial charge in [0.25, 0.3) is 0 Å². The van der Waals surface area contributed by atoms with Crippen molar-refractivity contribution in [3.05, 3.63) is 30.2 Å². The van der Waals surface area contributed by atoms with E-state index in [-0.39, 0.29) is 18.9 Å². The second-order valence-electron chi connectivity index (χ2n) is 4.40. The van der Waals surface area contributed by atoms with Gasteiger partial charge in [-0.25, -0.2) is 9.48 Å². The molecule has 0 aliphatic heterocycles. The Balaban J connectivity index is 2.35. The van der Waals surface area contributed by atoms with Gasteiger partial charge >= 0.3 is 5.97 Å². The Labute approximate surface area is 122 Å². The van der Waals surface area contributed by atoms with Gasteiger partial charge in [-0.05, 0) is 31.9 Å². The molecule has 0 amide bonds. The number of aliphatic hydroxyl groups excluding tert-OH is 1. The summed E-state index contributed by atoms with van der Waals surface area (Å²) in [6.45, 7) is 2.72. The highest BCUT2D eigenvalue weighted by atomic mass is 16.5. The van der Waals surface area contributed by atoms with Crippen LogP contribution in [0.25, 0.3) is 11.3 Å². The molecule has 2 aromatic heterocycles. The van der Waals surface area contributed by atoms with E-state index in [4.69, 9.17) is 9.84 Å². The lowest BCUT2D eigenvalue weighted by molar-refractivity contribution is 0.0520. The quantitative estimate of drug-likeness (QED) is 0.610. The minimum absolute atomic E-state index is 0.127. The third-order valence-corrected chi connectivity index (χ3v) is 2.92. The first-order valence-corrected chi connectivity index (χ1v) is 6.89. The standard InChI is InChI=1S/C14H18N4O3/c1-2-21-14(20)12-13(11-6-5-7-15-10-11)18(17-16-12)8-3-4-9-19/h5-7,10,19H,2-4,8-9H2,1H3. The molecule has 7 nitrogen and oxygen atoms in total. The van der Waals surface area contributed by atoms with Crippen LogP contribution in [-0.4, -0.2) is 44.3 Å². The van der Waals surface area contributed by atoms with E-state index in [0.29, 0.717) is 18.7 Å². The van der Waals surface area contributed by atoms with Gasteiger partial charge in [-0.2, -0.15) is 0 Å². The molecule has 0 saturated carbocycles. The lowest BCUT2D eigenvalue weighted by Gasteiger charge is -2.07. The van der Waals surface area contributed by atoms with E-state index in [1.54, 1.807) is 30.1 Å². The number of pyridine rings is 1. The van der Waals surface area contributed by atoms with Crippen molar-refractivity contribution in [2.75, 3.05) is 13.2 Å². The van der Waals surface area contributed by atoms with Gasteiger partial charge in [0.15, 0.2) is 5.69 Å². The highest BCUT2D eigenvalue weighted by molar-refractivity contribution is 5.93. The molecule has 0 unspecified atom stereocenters. The Morgan fingerprint density at radius 1 is 1.43 bits per heavy atom. The fraction of sp³-hybridized carbons (Fsp3) is 0.429. The third kappa shape index (κ3) is 3.63. The highest BCUT2D eigenvalue weighted by Crippen LogP contribution is 2.22. The summed E-state index contributed by atoms with van der Waals surface area (Å²) in [6, 6.07) is 3.63. The van der Waals surface area contributed by atoms with Crippen molar-refractivity contribution in [1.29, 1.82) is 0 Å². The number of unbranched alkanes of at least 4 members (excludes halogenated alkanes) is 1. The maximum atomic E-state index is 12.0. The van der Waals surface area contributed by atoms with Crippen LogP contribution in [0.1, 0.15) is 30.3 Å². The van der Waals surface area contributed by atoms with Gasteiger partial charge in [0.2, 0.25) is 0 Å². The number of aryl methyl sites for hydroxylation is 1. The van der Waals surface area contributed by atoms with E-state index >= 15 is 0 Å². The second kappa shape index (κ2) is 7.49. The summed E-state index contributed by atoms with van der Waals surface area (Å²) in [5.41, 5.74) is 1.54. The van der Waals surface area contributed by atoms with Crippen LogP contribution in [0.2, 0.25) is 0 Å². The number of ether oxygens (including phenoxy) is 1. The topological polar surface area (TPSA) is 90.1 Å². The van der Waals surface area contributed by atoms with Gasteiger partial charge in [-0.3, -0.25) is 4.98 Å². The summed E-state index contributed by atoms with van der Waals surface area (Å²) in [7, 11) is 0. The largest absolute Gasteiger partial charge is 0.461 e. The summed E-state index contributed by atoms with van der Waals surface area (Å²) in [4.78, 5) is 16.0. The molecule has 0 aliphatic carbocycles. The Morgan fingerprint density at radius 2 is 2.29 bits per heavy atom. The number of hydrogen-bond acceptors (Lipinski definition) is 6. The van der Waals surface area contributed by atoms with Crippen molar-refractivity contribution in [3.8, 4) is 11.3 Å². The fourth-order valence-electron chi connectivity index (χ4n) is 1.97. The van der Waals surface area contributed by atoms with Gasteiger partial charge in [-0.1, -0.05) is 5.21 Å². The number of esters is 1. The Kier molecular flexibility index (Phi) is 5.39. The van der Waals surface area contributed by atoms with Crippen LogP contribution in [-0.2, 0) is 11.3 Å². The summed E-state index contributed by atoms with van der Waals surface area (Å²) >= 11 is 0. The first-order chi connectivity index (χ1) is 10.3. The number of hydrogen-bond donors (Lipinski definition) is 1. The molecular formula is C14H18N4O3. The lowest BCUT2D eigenvalue weighted by Crippen LogP contribution is -2.09. The van der Waals surface area contributed by atoms with Crippen LogP contribution < -0.4 is 0 Å². The van der Waals surface area contributed by atoms with Crippen molar-refractivity contribution >= 4 is 5.97 Å². The molecule has 2 rings (SSSR count). The van der Waals surface area contributed by atoms with Crippen molar-refractivity contribution in [2.45, 2.75) is 26.3 Å². The fourth-order valence-corrected chi connectivity index (χ4v) is 1.97. The monoisotopic (exact) mass is 290 g/mol. The molecule has 0 saturated heterocycles. The van der Waals surface area contributed by atoms with Crippen molar-refractivity contribution in [2.24, 2.45) is 0 Å². The molecule has 7 heteroatoms. The van der Waals surface area contributed by atoms with Crippen molar-refractivity contribution in [1.82, 2.24) is 20.0 Å². The molecule has 112 valence electrons. The average molecular weight is 290 g/mol. The predicted octanol–water partition coefficient (Wildman–Crippen LogP) is 1.29. The maximum absolute atomic E-state index is 12.0. The first kappa shape index (κ1) is 15.1. The molecule has 0 atom stereocenters. The van der Waals surface area contributed by atoms with Gasteiger partial charge in [0.05, 0.1) is 6.61 Å². The molecule has 0 radical (unpaired) electrons. The predicted molar refractivity (Wildman–Crippen MR) is 75.5 cm³/mol. The molecule has 0 bridgehead atoms. The molecule has 0 fully saturated rings. The van der Waals surface area contributed by atoms with Crippen LogP contribution in [0, 0.1) is 0 Å². The zero-order valence-electron chi connectivity index (χ0n) is 11.9. The molecule has 0 aliphatic rings. The highest BCUT2D eigenvalue weighted by Gasteiger charge is 2.22. The third-order valence-electron chi connectivity index (χ3n) is 2.92. The zero-order chi connectivity index (χ0) is 15.1. The summed E-state index contributed by atoms with van der Waals surface area (Å²) in [5.74, 6) is -0.496. The molecule has 1 N–H and O–H groups in total. The van der Waals surface area contributed by atoms with E-state index in [0.717, 1.165) is 12.0 Å². The summed E-state index contributed by atoms with van der Waals surface area (Å²) < 4.78 is 6.67. The minimum atomic E-state index is -0.496. The first-order valence-electron chi connectivity index (χ1n) is 6.89. The number of aliphatic hydroxyl groups is 1. The van der Waals surface area contributed by atoms with Crippen LogP contribution in [0.5, 0.6) is 0 Å². The number of carbonyl (C=O) groups excluding carboxylic acids is 1. The number of aromatic nitrogens is 4. The molecule has 2 aromatic rings. The average Bonchev–Trinajstić information content (AvgIpc) is 2.93. The minimum Gasteiger partial charge on any atom is -0.461 e. The lowest BCUT2D eigenvalue weighted by atomic mass is 10.1. The van der Waals surface area contributed by atoms with Crippen LogP contribution in [0.3, 0.4) is 0 Å². The van der Waals surface area contributed by atoms with E-state index < -0.39 is 5.97 Å². The molecule has 21 heavy (non-hydrogen) atoms. The second-order valence-corrected chi connectivity index (χ2v) is 4.40. The number of rotatable bonds is 7. The Morgan fingerprint density at radius 3 is 2.95 bits per heavy atom. The van der Waals surface area contributed by atoms with Crippen LogP contribution in [0.15, 0.2) is 24.5 Å². The molecule has 0 aromatic carbocycles. The number of carbonyl (C=O) groups is 1. The zero-order valence-corrected chi connectivity index (χ0v) is 11.9. The van der Waals surface area contributed by atoms with E-state index in [1.165, 1.54) is 0 Å². The molecule has 2 heterocycles. The Hall–Kier alpha value is -2.28. The van der Waals surface area contributed by atoms with Crippen molar-refractivity contribution in [3.63, 3.8) is 0 Å². The van der Waals surface area contributed by atoms with Gasteiger partial charge in [0.1, 0.15) is 5.69 Å². The van der Waals surface area contributed by atoms with Crippen LogP contribution in [0.4, 0.5) is 0 Å². The summed E-state index contributed by atoms with van der Waals surface area (Å²) in [6.07, 6.45) is 4.73. The van der Waals surface area contributed by atoms with Crippen molar-refractivity contribution < 1.29 is 14.6 Å². The molecular weight excluding hydrogens is 272 g/mol. The van der Waals surface area contributed by atoms with Crippen LogP contribution >= 0.6 is 0 Å². The maximum Gasteiger partial charge on any atom is 0.361 e. The van der Waals surface area contributed by atoms with Gasteiger partial charge in [0, 0.05) is 31.1 Å². The van der Waals surface area contributed by atoms with E-state index in [2.05, 4.69) is 15.3 Å². The number of nitrogens with zero attached hydrogens (tertiary/aromatic N) is 4. The Bertz CT molecular complexity index is 583. The molecule has 0 spiro atoms.